The molecule has 4 rings (SSSR count). The summed E-state index contributed by atoms with van der Waals surface area (Å²) < 4.78 is 27.6. The lowest BCUT2D eigenvalue weighted by Gasteiger charge is -2.16. The summed E-state index contributed by atoms with van der Waals surface area (Å²) in [5, 5.41) is 14.2. The molecule has 130 valence electrons. The predicted molar refractivity (Wildman–Crippen MR) is 93.9 cm³/mol. The van der Waals surface area contributed by atoms with Gasteiger partial charge in [0.1, 0.15) is 34.7 Å². The van der Waals surface area contributed by atoms with Gasteiger partial charge in [-0.05, 0) is 43.4 Å². The van der Waals surface area contributed by atoms with Gasteiger partial charge >= 0.3 is 0 Å². The molecule has 0 saturated heterocycles. The number of anilines is 1. The van der Waals surface area contributed by atoms with Crippen molar-refractivity contribution >= 4 is 27.4 Å². The van der Waals surface area contributed by atoms with Gasteiger partial charge in [0.25, 0.3) is 0 Å². The molecule has 3 aromatic rings. The fourth-order valence-electron chi connectivity index (χ4n) is 3.35. The fourth-order valence-corrected chi connectivity index (χ4v) is 4.58. The molecule has 1 aliphatic carbocycles. The summed E-state index contributed by atoms with van der Waals surface area (Å²) in [6.07, 6.45) is 4.53. The van der Waals surface area contributed by atoms with Gasteiger partial charge in [-0.1, -0.05) is 6.07 Å². The number of aromatic nitrogens is 2. The fraction of sp³-hybridized carbons (Fsp3) is 0.333. The molecule has 2 aromatic heterocycles. The van der Waals surface area contributed by atoms with Gasteiger partial charge in [-0.2, -0.15) is 0 Å². The van der Waals surface area contributed by atoms with Crippen LogP contribution in [0.15, 0.2) is 24.5 Å². The molecule has 1 atom stereocenters. The molecule has 2 N–H and O–H groups in total. The SMILES string of the molecule is OC(CNc1ncnc2sc3c(c12)CCCC3)c1c(F)cccc1F. The highest BCUT2D eigenvalue weighted by molar-refractivity contribution is 7.19. The first kappa shape index (κ1) is 16.4. The molecule has 1 aromatic carbocycles. The Morgan fingerprint density at radius 1 is 1.16 bits per heavy atom. The normalized spacial score (nSPS) is 15.2. The quantitative estimate of drug-likeness (QED) is 0.738. The van der Waals surface area contributed by atoms with Crippen LogP contribution in [0.5, 0.6) is 0 Å². The average molecular weight is 361 g/mol. The summed E-state index contributed by atoms with van der Waals surface area (Å²) in [5.41, 5.74) is 0.938. The van der Waals surface area contributed by atoms with E-state index in [0.29, 0.717) is 5.82 Å². The van der Waals surface area contributed by atoms with Gasteiger partial charge in [-0.3, -0.25) is 0 Å². The number of halogens is 2. The Balaban J connectivity index is 1.62. The third-order valence-electron chi connectivity index (χ3n) is 4.55. The molecule has 2 heterocycles. The van der Waals surface area contributed by atoms with Crippen LogP contribution in [0.25, 0.3) is 10.2 Å². The van der Waals surface area contributed by atoms with Crippen molar-refractivity contribution < 1.29 is 13.9 Å². The highest BCUT2D eigenvalue weighted by Crippen LogP contribution is 2.38. The van der Waals surface area contributed by atoms with Gasteiger partial charge in [-0.15, -0.1) is 11.3 Å². The first-order valence-corrected chi connectivity index (χ1v) is 9.08. The summed E-state index contributed by atoms with van der Waals surface area (Å²) >= 11 is 1.68. The molecule has 4 nitrogen and oxygen atoms in total. The number of hydrogen-bond acceptors (Lipinski definition) is 5. The van der Waals surface area contributed by atoms with E-state index in [1.54, 1.807) is 11.3 Å². The number of thiophene rings is 1. The van der Waals surface area contributed by atoms with Crippen LogP contribution in [0.4, 0.5) is 14.6 Å². The van der Waals surface area contributed by atoms with Gasteiger partial charge in [0.15, 0.2) is 0 Å². The van der Waals surface area contributed by atoms with E-state index in [4.69, 9.17) is 0 Å². The van der Waals surface area contributed by atoms with Crippen LogP contribution >= 0.6 is 11.3 Å². The van der Waals surface area contributed by atoms with Gasteiger partial charge in [0.05, 0.1) is 10.9 Å². The van der Waals surface area contributed by atoms with Crippen LogP contribution < -0.4 is 5.32 Å². The first-order valence-electron chi connectivity index (χ1n) is 8.26. The monoisotopic (exact) mass is 361 g/mol. The smallest absolute Gasteiger partial charge is 0.138 e. The Bertz CT molecular complexity index is 908. The average Bonchev–Trinajstić information content (AvgIpc) is 2.99. The Morgan fingerprint density at radius 2 is 1.92 bits per heavy atom. The number of aryl methyl sites for hydroxylation is 2. The van der Waals surface area contributed by atoms with Crippen molar-refractivity contribution in [2.45, 2.75) is 31.8 Å². The molecule has 0 saturated carbocycles. The van der Waals surface area contributed by atoms with Crippen molar-refractivity contribution in [1.29, 1.82) is 0 Å². The Kier molecular flexibility index (Phi) is 4.35. The lowest BCUT2D eigenvalue weighted by atomic mass is 9.97. The summed E-state index contributed by atoms with van der Waals surface area (Å²) in [4.78, 5) is 10.9. The van der Waals surface area contributed by atoms with Crippen LogP contribution in [-0.2, 0) is 12.8 Å². The molecule has 25 heavy (non-hydrogen) atoms. The number of fused-ring (bicyclic) bond motifs is 3. The lowest BCUT2D eigenvalue weighted by Crippen LogP contribution is -2.16. The topological polar surface area (TPSA) is 58.0 Å². The minimum atomic E-state index is -1.30. The van der Waals surface area contributed by atoms with E-state index in [9.17, 15) is 13.9 Å². The van der Waals surface area contributed by atoms with Gasteiger partial charge in [-0.25, -0.2) is 18.7 Å². The van der Waals surface area contributed by atoms with Crippen molar-refractivity contribution in [3.63, 3.8) is 0 Å². The summed E-state index contributed by atoms with van der Waals surface area (Å²) in [6, 6.07) is 3.56. The van der Waals surface area contributed by atoms with Gasteiger partial charge in [0.2, 0.25) is 0 Å². The highest BCUT2D eigenvalue weighted by atomic mass is 32.1. The van der Waals surface area contributed by atoms with Crippen LogP contribution in [0, 0.1) is 11.6 Å². The van der Waals surface area contributed by atoms with Crippen LogP contribution in [0.2, 0.25) is 0 Å². The third kappa shape index (κ3) is 2.98. The van der Waals surface area contributed by atoms with E-state index in [0.717, 1.165) is 41.6 Å². The second-order valence-electron chi connectivity index (χ2n) is 6.15. The second-order valence-corrected chi connectivity index (χ2v) is 7.23. The number of rotatable bonds is 4. The van der Waals surface area contributed by atoms with E-state index in [2.05, 4.69) is 15.3 Å². The number of hydrogen-bond donors (Lipinski definition) is 2. The highest BCUT2D eigenvalue weighted by Gasteiger charge is 2.21. The molecule has 7 heteroatoms. The van der Waals surface area contributed by atoms with Gasteiger partial charge in [0, 0.05) is 11.4 Å². The molecule has 0 amide bonds. The molecular weight excluding hydrogens is 344 g/mol. The summed E-state index contributed by atoms with van der Waals surface area (Å²) in [5.74, 6) is -0.898. The van der Waals surface area contributed by atoms with Crippen molar-refractivity contribution in [3.05, 3.63) is 52.2 Å². The van der Waals surface area contributed by atoms with Crippen molar-refractivity contribution in [1.82, 2.24) is 9.97 Å². The van der Waals surface area contributed by atoms with Gasteiger partial charge < -0.3 is 10.4 Å². The number of benzene rings is 1. The minimum absolute atomic E-state index is 0.0331. The standard InChI is InChI=1S/C18H17F2N3OS/c19-11-5-3-6-12(20)16(11)13(24)8-21-17-15-10-4-1-2-7-14(10)25-18(15)23-9-22-17/h3,5-6,9,13,24H,1-2,4,7-8H2,(H,21,22,23). The van der Waals surface area contributed by atoms with E-state index in [1.807, 2.05) is 0 Å². The lowest BCUT2D eigenvalue weighted by molar-refractivity contribution is 0.181. The Labute approximate surface area is 147 Å². The molecule has 0 radical (unpaired) electrons. The second kappa shape index (κ2) is 6.65. The number of nitrogens with one attached hydrogen (secondary N) is 1. The molecule has 1 unspecified atom stereocenters. The van der Waals surface area contributed by atoms with Crippen molar-refractivity contribution in [3.8, 4) is 0 Å². The van der Waals surface area contributed by atoms with E-state index < -0.39 is 17.7 Å². The zero-order valence-electron chi connectivity index (χ0n) is 13.4. The number of aliphatic hydroxyl groups excluding tert-OH is 1. The van der Waals surface area contributed by atoms with Crippen LogP contribution in [-0.4, -0.2) is 21.6 Å². The third-order valence-corrected chi connectivity index (χ3v) is 5.75. The predicted octanol–water partition coefficient (Wildman–Crippen LogP) is 3.99. The van der Waals surface area contributed by atoms with E-state index in [-0.39, 0.29) is 12.1 Å². The van der Waals surface area contributed by atoms with E-state index >= 15 is 0 Å². The minimum Gasteiger partial charge on any atom is -0.386 e. The molecule has 0 fully saturated rings. The van der Waals surface area contributed by atoms with Crippen LogP contribution in [0.1, 0.15) is 34.9 Å². The summed E-state index contributed by atoms with van der Waals surface area (Å²) in [7, 11) is 0. The number of nitrogens with zero attached hydrogens (tertiary/aromatic N) is 2. The maximum absolute atomic E-state index is 13.8. The maximum Gasteiger partial charge on any atom is 0.138 e. The largest absolute Gasteiger partial charge is 0.386 e. The van der Waals surface area contributed by atoms with Crippen LogP contribution in [0.3, 0.4) is 0 Å². The van der Waals surface area contributed by atoms with E-state index in [1.165, 1.54) is 29.3 Å². The molecule has 0 bridgehead atoms. The van der Waals surface area contributed by atoms with Crippen molar-refractivity contribution in [2.75, 3.05) is 11.9 Å². The molecule has 1 aliphatic rings. The van der Waals surface area contributed by atoms with Crippen molar-refractivity contribution in [2.24, 2.45) is 0 Å². The molecular formula is C18H17F2N3OS. The number of aliphatic hydroxyl groups is 1. The maximum atomic E-state index is 13.8. The zero-order chi connectivity index (χ0) is 17.4. The molecule has 0 aliphatic heterocycles. The Morgan fingerprint density at radius 3 is 2.72 bits per heavy atom. The Hall–Kier alpha value is -2.12. The zero-order valence-corrected chi connectivity index (χ0v) is 14.2. The summed E-state index contributed by atoms with van der Waals surface area (Å²) in [6.45, 7) is -0.0331. The first-order chi connectivity index (χ1) is 12.1. The molecule has 0 spiro atoms.